The molecule has 0 bridgehead atoms. The Morgan fingerprint density at radius 3 is 1.95 bits per heavy atom. The molecule has 16 heteroatoms. The zero-order valence-electron chi connectivity index (χ0n) is 23.4. The lowest BCUT2D eigenvalue weighted by molar-refractivity contribution is -0.348. The molecule has 0 spiro atoms. The zero-order valence-corrected chi connectivity index (χ0v) is 25.0. The van der Waals surface area contributed by atoms with Crippen molar-refractivity contribution in [1.29, 1.82) is 0 Å². The first-order valence-electron chi connectivity index (χ1n) is 13.6. The third-order valence-electron chi connectivity index (χ3n) is 8.53. The van der Waals surface area contributed by atoms with Crippen molar-refractivity contribution in [2.24, 2.45) is 5.41 Å². The van der Waals surface area contributed by atoms with Crippen LogP contribution in [0.5, 0.6) is 0 Å². The molecule has 2 saturated heterocycles. The van der Waals surface area contributed by atoms with Gasteiger partial charge < -0.3 is 10.2 Å². The van der Waals surface area contributed by atoms with Crippen LogP contribution in [-0.4, -0.2) is 73.5 Å². The number of sulfone groups is 1. The van der Waals surface area contributed by atoms with Crippen LogP contribution in [0.2, 0.25) is 0 Å². The van der Waals surface area contributed by atoms with E-state index in [0.29, 0.717) is 18.7 Å². The van der Waals surface area contributed by atoms with Crippen molar-refractivity contribution in [3.8, 4) is 0 Å². The molecule has 4 rings (SSSR count). The first-order chi connectivity index (χ1) is 20.3. The SMILES string of the molecule is CCNCC1(C(=O)N2CC[C@](c3ccc(C(F)(C(F)(F)F)C(F)(F)F)cc3)(S(=O)(=O)c3ccc(F)cc3)C2)CCS(=O)CC1. The average molecular weight is 675 g/mol. The predicted molar refractivity (Wildman–Crippen MR) is 146 cm³/mol. The third kappa shape index (κ3) is 5.77. The summed E-state index contributed by atoms with van der Waals surface area (Å²) in [5, 5.41) is 3.12. The summed E-state index contributed by atoms with van der Waals surface area (Å²) in [6.45, 7) is 1.88. The lowest BCUT2D eigenvalue weighted by Gasteiger charge is -2.39. The monoisotopic (exact) mass is 674 g/mol. The Morgan fingerprint density at radius 2 is 1.45 bits per heavy atom. The number of hydrogen-bond acceptors (Lipinski definition) is 5. The minimum absolute atomic E-state index is 0.143. The van der Waals surface area contributed by atoms with E-state index in [9.17, 15) is 52.5 Å². The molecule has 0 radical (unpaired) electrons. The maximum atomic E-state index is 14.7. The van der Waals surface area contributed by atoms with Gasteiger partial charge >= 0.3 is 18.0 Å². The minimum Gasteiger partial charge on any atom is -0.340 e. The van der Waals surface area contributed by atoms with Gasteiger partial charge in [0.25, 0.3) is 0 Å². The van der Waals surface area contributed by atoms with Gasteiger partial charge in [-0.15, -0.1) is 0 Å². The normalized spacial score (nSPS) is 25.3. The molecule has 1 atom stereocenters. The van der Waals surface area contributed by atoms with Gasteiger partial charge in [0.05, 0.1) is 10.3 Å². The van der Waals surface area contributed by atoms with Crippen molar-refractivity contribution >= 4 is 26.5 Å². The first kappa shape index (κ1) is 34.3. The van der Waals surface area contributed by atoms with E-state index in [1.807, 2.05) is 6.92 Å². The van der Waals surface area contributed by atoms with Crippen molar-refractivity contribution in [1.82, 2.24) is 10.2 Å². The number of alkyl halides is 7. The highest BCUT2D eigenvalue weighted by Gasteiger charge is 2.73. The molecule has 2 aliphatic heterocycles. The summed E-state index contributed by atoms with van der Waals surface area (Å²) in [7, 11) is -5.72. The van der Waals surface area contributed by atoms with Gasteiger partial charge in [-0.25, -0.2) is 17.2 Å². The van der Waals surface area contributed by atoms with E-state index in [1.165, 1.54) is 4.90 Å². The van der Waals surface area contributed by atoms with Crippen molar-refractivity contribution in [2.45, 2.75) is 53.9 Å². The highest BCUT2D eigenvalue weighted by Crippen LogP contribution is 2.54. The van der Waals surface area contributed by atoms with E-state index >= 15 is 0 Å². The van der Waals surface area contributed by atoms with Crippen LogP contribution in [0.1, 0.15) is 37.3 Å². The molecule has 0 aromatic heterocycles. The van der Waals surface area contributed by atoms with E-state index in [4.69, 9.17) is 0 Å². The molecule has 2 aromatic carbocycles. The summed E-state index contributed by atoms with van der Waals surface area (Å²) in [4.78, 5) is 14.9. The molecule has 44 heavy (non-hydrogen) atoms. The van der Waals surface area contributed by atoms with Crippen LogP contribution in [0.15, 0.2) is 53.4 Å². The Kier molecular flexibility index (Phi) is 9.33. The van der Waals surface area contributed by atoms with Gasteiger partial charge in [-0.05, 0) is 55.6 Å². The summed E-state index contributed by atoms with van der Waals surface area (Å²) in [5.41, 5.74) is -8.80. The van der Waals surface area contributed by atoms with Gasteiger partial charge in [0, 0.05) is 47.5 Å². The van der Waals surface area contributed by atoms with E-state index in [0.717, 1.165) is 24.3 Å². The summed E-state index contributed by atoms with van der Waals surface area (Å²) >= 11 is 0. The number of hydrogen-bond donors (Lipinski definition) is 1. The van der Waals surface area contributed by atoms with Gasteiger partial charge in [-0.1, -0.05) is 31.2 Å². The molecule has 2 aliphatic rings. The number of halogens is 8. The van der Waals surface area contributed by atoms with Crippen molar-refractivity contribution < 1.29 is 52.5 Å². The second-order valence-corrected chi connectivity index (χ2v) is 15.0. The number of carbonyl (C=O) groups excluding carboxylic acids is 1. The third-order valence-corrected chi connectivity index (χ3v) is 12.3. The molecule has 2 fully saturated rings. The maximum Gasteiger partial charge on any atom is 0.435 e. The second-order valence-electron chi connectivity index (χ2n) is 11.1. The zero-order chi connectivity index (χ0) is 32.8. The molecule has 0 aliphatic carbocycles. The van der Waals surface area contributed by atoms with Crippen molar-refractivity contribution in [3.05, 3.63) is 65.5 Å². The largest absolute Gasteiger partial charge is 0.435 e. The summed E-state index contributed by atoms with van der Waals surface area (Å²) in [5.74, 6) is -0.701. The molecule has 1 amide bonds. The Morgan fingerprint density at radius 1 is 0.909 bits per heavy atom. The Labute approximate surface area is 251 Å². The van der Waals surface area contributed by atoms with E-state index in [2.05, 4.69) is 5.32 Å². The molecular formula is C28H30F8N2O4S2. The lowest BCUT2D eigenvalue weighted by Crippen LogP contribution is -2.52. The Bertz CT molecular complexity index is 1470. The van der Waals surface area contributed by atoms with Gasteiger partial charge in [-0.2, -0.15) is 26.3 Å². The molecule has 6 nitrogen and oxygen atoms in total. The number of amides is 1. The van der Waals surface area contributed by atoms with Gasteiger partial charge in [0.15, 0.2) is 9.84 Å². The van der Waals surface area contributed by atoms with Gasteiger partial charge in [-0.3, -0.25) is 9.00 Å². The molecule has 0 saturated carbocycles. The fraction of sp³-hybridized carbons (Fsp3) is 0.536. The number of benzene rings is 2. The van der Waals surface area contributed by atoms with Gasteiger partial charge in [0.1, 0.15) is 10.6 Å². The Balaban J connectivity index is 1.81. The summed E-state index contributed by atoms with van der Waals surface area (Å²) in [6, 6.07) is 5.54. The van der Waals surface area contributed by atoms with E-state index in [-0.39, 0.29) is 61.6 Å². The van der Waals surface area contributed by atoms with E-state index < -0.39 is 77.5 Å². The quantitative estimate of drug-likeness (QED) is 0.310. The molecule has 244 valence electrons. The summed E-state index contributed by atoms with van der Waals surface area (Å²) in [6.07, 6.45) is -12.5. The average Bonchev–Trinajstić information content (AvgIpc) is 3.43. The van der Waals surface area contributed by atoms with Crippen LogP contribution in [0, 0.1) is 11.2 Å². The van der Waals surface area contributed by atoms with Crippen LogP contribution in [0.25, 0.3) is 0 Å². The number of rotatable bonds is 8. The molecule has 0 unspecified atom stereocenters. The number of nitrogens with one attached hydrogen (secondary N) is 1. The number of likely N-dealkylation sites (tertiary alicyclic amines) is 1. The van der Waals surface area contributed by atoms with Crippen molar-refractivity contribution in [3.63, 3.8) is 0 Å². The fourth-order valence-electron chi connectivity index (χ4n) is 5.91. The lowest BCUT2D eigenvalue weighted by atomic mass is 9.80. The molecule has 2 aromatic rings. The Hall–Kier alpha value is -2.59. The maximum absolute atomic E-state index is 14.7. The van der Waals surface area contributed by atoms with Gasteiger partial charge in [0.2, 0.25) is 5.91 Å². The highest BCUT2D eigenvalue weighted by molar-refractivity contribution is 7.92. The first-order valence-corrected chi connectivity index (χ1v) is 16.6. The van der Waals surface area contributed by atoms with Crippen molar-refractivity contribution in [2.75, 3.05) is 37.7 Å². The van der Waals surface area contributed by atoms with E-state index in [1.54, 1.807) is 0 Å². The fourth-order valence-corrected chi connectivity index (χ4v) is 9.43. The smallest absolute Gasteiger partial charge is 0.340 e. The van der Waals surface area contributed by atoms with Crippen LogP contribution in [0.4, 0.5) is 35.1 Å². The van der Waals surface area contributed by atoms with Crippen LogP contribution in [0.3, 0.4) is 0 Å². The second kappa shape index (κ2) is 12.0. The van der Waals surface area contributed by atoms with Crippen LogP contribution >= 0.6 is 0 Å². The standard InChI is InChI=1S/C28H30F8N2O4S2/c1-2-37-17-24(12-15-43(40)16-13-24)23(39)38-14-11-25(18-38,44(41,42)22-9-7-21(29)8-10-22)19-3-5-20(6-4-19)26(30,27(31,32)33)28(34,35)36/h3-10,37H,2,11-18H2,1H3/t24?,25-,43?/m0/s1. The number of carbonyl (C=O) groups is 1. The van der Waals surface area contributed by atoms with Crippen LogP contribution in [-0.2, 0) is 35.8 Å². The molecule has 1 N–H and O–H groups in total. The summed E-state index contributed by atoms with van der Waals surface area (Å²) < 4.78 is 147. The molecular weight excluding hydrogens is 644 g/mol. The highest BCUT2D eigenvalue weighted by atomic mass is 32.2. The van der Waals surface area contributed by atoms with Crippen LogP contribution < -0.4 is 5.32 Å². The predicted octanol–water partition coefficient (Wildman–Crippen LogP) is 5.16. The topological polar surface area (TPSA) is 83.6 Å². The number of nitrogens with zero attached hydrogens (tertiary/aromatic N) is 1. The molecule has 2 heterocycles. The minimum atomic E-state index is -6.37.